The summed E-state index contributed by atoms with van der Waals surface area (Å²) in [7, 11) is 0. The van der Waals surface area contributed by atoms with Crippen LogP contribution in [0.25, 0.3) is 10.9 Å². The Morgan fingerprint density at radius 3 is 2.43 bits per heavy atom. The van der Waals surface area contributed by atoms with Gasteiger partial charge in [-0.05, 0) is 50.1 Å². The van der Waals surface area contributed by atoms with Gasteiger partial charge in [0.2, 0.25) is 0 Å². The minimum Gasteiger partial charge on any atom is -0.318 e. The molecular weight excluding hydrogens is 256 g/mol. The predicted molar refractivity (Wildman–Crippen MR) is 88.3 cm³/mol. The van der Waals surface area contributed by atoms with Crippen LogP contribution in [0.2, 0.25) is 0 Å². The second-order valence-electron chi connectivity index (χ2n) is 5.93. The summed E-state index contributed by atoms with van der Waals surface area (Å²) in [6.45, 7) is 6.16. The van der Waals surface area contributed by atoms with Gasteiger partial charge >= 0.3 is 0 Å². The number of pyridine rings is 1. The number of nitrogens with two attached hydrogens (primary N) is 1. The second kappa shape index (κ2) is 4.97. The van der Waals surface area contributed by atoms with E-state index in [1.165, 1.54) is 5.56 Å². The number of aromatic nitrogens is 1. The molecule has 1 heterocycles. The van der Waals surface area contributed by atoms with E-state index in [1.807, 2.05) is 13.0 Å². The van der Waals surface area contributed by atoms with E-state index < -0.39 is 5.54 Å². The molecule has 3 aromatic rings. The van der Waals surface area contributed by atoms with Crippen molar-refractivity contribution in [3.05, 3.63) is 77.0 Å². The molecule has 0 aliphatic rings. The number of hydrogen-bond donors (Lipinski definition) is 1. The van der Waals surface area contributed by atoms with E-state index >= 15 is 0 Å². The fourth-order valence-electron chi connectivity index (χ4n) is 2.69. The lowest BCUT2D eigenvalue weighted by Crippen LogP contribution is -2.34. The first-order valence-electron chi connectivity index (χ1n) is 7.21. The van der Waals surface area contributed by atoms with Crippen LogP contribution in [0.15, 0.2) is 54.6 Å². The number of benzene rings is 2. The van der Waals surface area contributed by atoms with E-state index in [4.69, 9.17) is 5.73 Å². The third kappa shape index (κ3) is 2.55. The highest BCUT2D eigenvalue weighted by Crippen LogP contribution is 2.29. The van der Waals surface area contributed by atoms with Crippen molar-refractivity contribution in [1.29, 1.82) is 0 Å². The standard InChI is InChI=1S/C19H20N2/c1-13-5-4-6-16(11-13)19(3,20)17-9-10-18-15(12-17)8-7-14(2)21-18/h4-12H,20H2,1-3H3. The molecule has 1 unspecified atom stereocenters. The van der Waals surface area contributed by atoms with Crippen LogP contribution in [-0.4, -0.2) is 4.98 Å². The van der Waals surface area contributed by atoms with Gasteiger partial charge in [-0.2, -0.15) is 0 Å². The Morgan fingerprint density at radius 1 is 0.905 bits per heavy atom. The summed E-state index contributed by atoms with van der Waals surface area (Å²) in [4.78, 5) is 4.54. The van der Waals surface area contributed by atoms with Crippen molar-refractivity contribution < 1.29 is 0 Å². The van der Waals surface area contributed by atoms with Gasteiger partial charge in [0, 0.05) is 11.1 Å². The third-order valence-electron chi connectivity index (χ3n) is 4.05. The number of fused-ring (bicyclic) bond motifs is 1. The van der Waals surface area contributed by atoms with Crippen LogP contribution in [0.5, 0.6) is 0 Å². The lowest BCUT2D eigenvalue weighted by molar-refractivity contribution is 0.603. The fourth-order valence-corrected chi connectivity index (χ4v) is 2.69. The largest absolute Gasteiger partial charge is 0.318 e. The summed E-state index contributed by atoms with van der Waals surface area (Å²) in [5, 5.41) is 1.13. The molecular formula is C19H20N2. The van der Waals surface area contributed by atoms with Gasteiger partial charge in [0.15, 0.2) is 0 Å². The molecule has 0 amide bonds. The second-order valence-corrected chi connectivity index (χ2v) is 5.93. The van der Waals surface area contributed by atoms with E-state index in [9.17, 15) is 0 Å². The first kappa shape index (κ1) is 13.8. The Bertz CT molecular complexity index is 804. The Morgan fingerprint density at radius 2 is 1.67 bits per heavy atom. The van der Waals surface area contributed by atoms with E-state index in [1.54, 1.807) is 0 Å². The molecule has 0 aliphatic carbocycles. The van der Waals surface area contributed by atoms with E-state index in [2.05, 4.69) is 67.4 Å². The molecule has 0 bridgehead atoms. The summed E-state index contributed by atoms with van der Waals surface area (Å²) in [5.74, 6) is 0. The maximum absolute atomic E-state index is 6.63. The van der Waals surface area contributed by atoms with Gasteiger partial charge in [0.05, 0.1) is 11.1 Å². The minimum absolute atomic E-state index is 0.509. The zero-order valence-corrected chi connectivity index (χ0v) is 12.7. The quantitative estimate of drug-likeness (QED) is 0.766. The van der Waals surface area contributed by atoms with Gasteiger partial charge in [-0.25, -0.2) is 0 Å². The molecule has 0 radical (unpaired) electrons. The Hall–Kier alpha value is -2.19. The smallest absolute Gasteiger partial charge is 0.0705 e. The molecule has 2 nitrogen and oxygen atoms in total. The van der Waals surface area contributed by atoms with Crippen LogP contribution in [0.1, 0.15) is 29.3 Å². The Kier molecular flexibility index (Phi) is 3.26. The van der Waals surface area contributed by atoms with Crippen LogP contribution < -0.4 is 5.73 Å². The van der Waals surface area contributed by atoms with Crippen molar-refractivity contribution >= 4 is 10.9 Å². The van der Waals surface area contributed by atoms with Gasteiger partial charge in [-0.1, -0.05) is 42.0 Å². The van der Waals surface area contributed by atoms with E-state index in [0.29, 0.717) is 0 Å². The molecule has 2 heteroatoms. The molecule has 0 spiro atoms. The average Bonchev–Trinajstić information content (AvgIpc) is 2.46. The molecule has 0 aliphatic heterocycles. The molecule has 0 saturated carbocycles. The number of nitrogens with zero attached hydrogens (tertiary/aromatic N) is 1. The zero-order chi connectivity index (χ0) is 15.0. The summed E-state index contributed by atoms with van der Waals surface area (Å²) >= 11 is 0. The summed E-state index contributed by atoms with van der Waals surface area (Å²) in [6, 6.07) is 18.8. The van der Waals surface area contributed by atoms with Crippen molar-refractivity contribution in [2.75, 3.05) is 0 Å². The van der Waals surface area contributed by atoms with Gasteiger partial charge in [0.1, 0.15) is 0 Å². The van der Waals surface area contributed by atoms with Crippen LogP contribution in [0.3, 0.4) is 0 Å². The molecule has 3 rings (SSSR count). The highest BCUT2D eigenvalue weighted by Gasteiger charge is 2.24. The maximum atomic E-state index is 6.63. The predicted octanol–water partition coefficient (Wildman–Crippen LogP) is 4.07. The molecule has 21 heavy (non-hydrogen) atoms. The molecule has 1 aromatic heterocycles. The number of hydrogen-bond acceptors (Lipinski definition) is 2. The molecule has 2 aromatic carbocycles. The SMILES string of the molecule is Cc1cccc(C(C)(N)c2ccc3nc(C)ccc3c2)c1. The summed E-state index contributed by atoms with van der Waals surface area (Å²) in [6.07, 6.45) is 0. The molecule has 106 valence electrons. The Labute approximate surface area is 125 Å². The zero-order valence-electron chi connectivity index (χ0n) is 12.7. The third-order valence-corrected chi connectivity index (χ3v) is 4.05. The maximum Gasteiger partial charge on any atom is 0.0705 e. The fraction of sp³-hybridized carbons (Fsp3) is 0.211. The Balaban J connectivity index is 2.12. The normalized spacial score (nSPS) is 14.1. The van der Waals surface area contributed by atoms with E-state index in [0.717, 1.165) is 27.7 Å². The monoisotopic (exact) mass is 276 g/mol. The van der Waals surface area contributed by atoms with Crippen molar-refractivity contribution in [2.24, 2.45) is 5.73 Å². The molecule has 0 fully saturated rings. The van der Waals surface area contributed by atoms with Gasteiger partial charge in [-0.15, -0.1) is 0 Å². The number of rotatable bonds is 2. The van der Waals surface area contributed by atoms with Crippen molar-refractivity contribution in [1.82, 2.24) is 4.98 Å². The minimum atomic E-state index is -0.509. The van der Waals surface area contributed by atoms with Crippen LogP contribution in [0.4, 0.5) is 0 Å². The van der Waals surface area contributed by atoms with Crippen LogP contribution in [0, 0.1) is 13.8 Å². The van der Waals surface area contributed by atoms with Crippen molar-refractivity contribution in [2.45, 2.75) is 26.3 Å². The highest BCUT2D eigenvalue weighted by atomic mass is 14.7. The summed E-state index contributed by atoms with van der Waals surface area (Å²) < 4.78 is 0. The van der Waals surface area contributed by atoms with Crippen molar-refractivity contribution in [3.63, 3.8) is 0 Å². The van der Waals surface area contributed by atoms with Gasteiger partial charge < -0.3 is 5.73 Å². The molecule has 0 saturated heterocycles. The van der Waals surface area contributed by atoms with Gasteiger partial charge in [0.25, 0.3) is 0 Å². The lowest BCUT2D eigenvalue weighted by Gasteiger charge is -2.26. The lowest BCUT2D eigenvalue weighted by atomic mass is 9.84. The van der Waals surface area contributed by atoms with Crippen LogP contribution in [-0.2, 0) is 5.54 Å². The first-order chi connectivity index (χ1) is 9.96. The molecule has 2 N–H and O–H groups in total. The topological polar surface area (TPSA) is 38.9 Å². The first-order valence-corrected chi connectivity index (χ1v) is 7.21. The number of aryl methyl sites for hydroxylation is 2. The summed E-state index contributed by atoms with van der Waals surface area (Å²) in [5.41, 5.74) is 11.6. The highest BCUT2D eigenvalue weighted by molar-refractivity contribution is 5.79. The van der Waals surface area contributed by atoms with Crippen molar-refractivity contribution in [3.8, 4) is 0 Å². The van der Waals surface area contributed by atoms with E-state index in [-0.39, 0.29) is 0 Å². The molecule has 1 atom stereocenters. The average molecular weight is 276 g/mol. The van der Waals surface area contributed by atoms with Crippen LogP contribution >= 0.6 is 0 Å². The van der Waals surface area contributed by atoms with Gasteiger partial charge in [-0.3, -0.25) is 4.98 Å².